The van der Waals surface area contributed by atoms with Crippen molar-refractivity contribution in [2.45, 2.75) is 32.5 Å². The van der Waals surface area contributed by atoms with E-state index in [2.05, 4.69) is 27.8 Å². The Bertz CT molecular complexity index is 625. The van der Waals surface area contributed by atoms with Crippen LogP contribution in [0.2, 0.25) is 0 Å². The molecule has 1 aliphatic heterocycles. The third-order valence-corrected chi connectivity index (χ3v) is 3.80. The fourth-order valence-electron chi connectivity index (χ4n) is 2.79. The van der Waals surface area contributed by atoms with Gasteiger partial charge in [0.1, 0.15) is 0 Å². The molecule has 0 saturated carbocycles. The molecule has 5 heteroatoms. The Hall–Kier alpha value is -2.14. The van der Waals surface area contributed by atoms with Crippen molar-refractivity contribution in [2.24, 2.45) is 0 Å². The number of nitrogens with zero attached hydrogens (tertiary/aromatic N) is 3. The van der Waals surface area contributed by atoms with E-state index in [4.69, 9.17) is 5.11 Å². The van der Waals surface area contributed by atoms with E-state index in [-0.39, 0.29) is 0 Å². The summed E-state index contributed by atoms with van der Waals surface area (Å²) in [5, 5.41) is 13.5. The van der Waals surface area contributed by atoms with Crippen molar-refractivity contribution in [1.82, 2.24) is 14.7 Å². The van der Waals surface area contributed by atoms with Gasteiger partial charge in [0.2, 0.25) is 0 Å². The zero-order valence-electron chi connectivity index (χ0n) is 12.1. The Morgan fingerprint density at radius 3 is 2.76 bits per heavy atom. The number of benzene rings is 1. The minimum Gasteiger partial charge on any atom is -0.478 e. The summed E-state index contributed by atoms with van der Waals surface area (Å²) in [6.07, 6.45) is 2.34. The monoisotopic (exact) mass is 285 g/mol. The fourth-order valence-corrected chi connectivity index (χ4v) is 2.79. The average molecular weight is 285 g/mol. The molecule has 0 aliphatic carbocycles. The van der Waals surface area contributed by atoms with E-state index >= 15 is 0 Å². The van der Waals surface area contributed by atoms with Gasteiger partial charge in [-0.1, -0.05) is 12.1 Å². The Kier molecular flexibility index (Phi) is 3.75. The third kappa shape index (κ3) is 3.13. The molecule has 1 aliphatic rings. The zero-order chi connectivity index (χ0) is 14.8. The van der Waals surface area contributed by atoms with Gasteiger partial charge in [-0.05, 0) is 43.7 Å². The number of aromatic nitrogens is 2. The van der Waals surface area contributed by atoms with Crippen LogP contribution >= 0.6 is 0 Å². The molecule has 0 saturated heterocycles. The number of fused-ring (bicyclic) bond motifs is 1. The molecule has 3 rings (SSSR count). The van der Waals surface area contributed by atoms with Gasteiger partial charge in [0.05, 0.1) is 11.3 Å². The van der Waals surface area contributed by atoms with E-state index in [9.17, 15) is 4.79 Å². The second-order valence-corrected chi connectivity index (χ2v) is 5.63. The summed E-state index contributed by atoms with van der Waals surface area (Å²) in [5.41, 5.74) is 3.87. The Morgan fingerprint density at radius 1 is 1.33 bits per heavy atom. The molecule has 2 heterocycles. The lowest BCUT2D eigenvalue weighted by Gasteiger charge is -2.15. The van der Waals surface area contributed by atoms with Crippen LogP contribution in [0.15, 0.2) is 30.3 Å². The molecule has 1 aromatic carbocycles. The number of aryl methyl sites for hydroxylation is 2. The third-order valence-electron chi connectivity index (χ3n) is 3.80. The maximum atomic E-state index is 10.8. The predicted molar refractivity (Wildman–Crippen MR) is 79.1 cm³/mol. The van der Waals surface area contributed by atoms with Crippen LogP contribution in [-0.2, 0) is 26.1 Å². The summed E-state index contributed by atoms with van der Waals surface area (Å²) in [4.78, 5) is 13.0. The number of rotatable bonds is 5. The highest BCUT2D eigenvalue weighted by atomic mass is 16.4. The first-order chi connectivity index (χ1) is 10.1. The van der Waals surface area contributed by atoms with Crippen molar-refractivity contribution in [3.63, 3.8) is 0 Å². The molecule has 2 aromatic rings. The number of hydrogen-bond donors (Lipinski definition) is 1. The van der Waals surface area contributed by atoms with Crippen LogP contribution in [0.25, 0.3) is 0 Å². The molecule has 1 N–H and O–H groups in total. The molecule has 0 bridgehead atoms. The summed E-state index contributed by atoms with van der Waals surface area (Å²) >= 11 is 0. The highest BCUT2D eigenvalue weighted by Gasteiger charge is 2.14. The fraction of sp³-hybridized carbons (Fsp3) is 0.375. The summed E-state index contributed by atoms with van der Waals surface area (Å²) in [6, 6.07) is 9.23. The molecule has 0 amide bonds. The normalized spacial score (nSPS) is 13.6. The largest absolute Gasteiger partial charge is 0.478 e. The first-order valence-electron chi connectivity index (χ1n) is 7.18. The standard InChI is InChI=1S/C16H19N3O2/c1-18(10-12-4-6-13(7-5-12)16(20)21)11-14-9-15-3-2-8-19(15)17-14/h4-7,9H,2-3,8,10-11H2,1H3,(H,20,21). The number of carbonyl (C=O) groups is 1. The van der Waals surface area contributed by atoms with E-state index in [0.29, 0.717) is 5.56 Å². The van der Waals surface area contributed by atoms with Gasteiger partial charge in [0.25, 0.3) is 0 Å². The molecule has 0 fully saturated rings. The second kappa shape index (κ2) is 5.69. The Balaban J connectivity index is 1.60. The molecule has 1 aromatic heterocycles. The number of carboxylic acid groups (broad SMARTS) is 1. The van der Waals surface area contributed by atoms with Gasteiger partial charge < -0.3 is 5.11 Å². The highest BCUT2D eigenvalue weighted by Crippen LogP contribution is 2.16. The van der Waals surface area contributed by atoms with Crippen LogP contribution in [0.3, 0.4) is 0 Å². The van der Waals surface area contributed by atoms with E-state index < -0.39 is 5.97 Å². The molecular weight excluding hydrogens is 266 g/mol. The average Bonchev–Trinajstić information content (AvgIpc) is 3.00. The quantitative estimate of drug-likeness (QED) is 0.914. The Labute approximate surface area is 123 Å². The first-order valence-corrected chi connectivity index (χ1v) is 7.18. The van der Waals surface area contributed by atoms with Gasteiger partial charge in [0, 0.05) is 25.3 Å². The molecular formula is C16H19N3O2. The van der Waals surface area contributed by atoms with Crippen molar-refractivity contribution >= 4 is 5.97 Å². The molecule has 0 spiro atoms. The van der Waals surface area contributed by atoms with Crippen molar-refractivity contribution < 1.29 is 9.90 Å². The summed E-state index contributed by atoms with van der Waals surface area (Å²) < 4.78 is 2.10. The van der Waals surface area contributed by atoms with Gasteiger partial charge in [-0.15, -0.1) is 0 Å². The van der Waals surface area contributed by atoms with Crippen LogP contribution in [0, 0.1) is 0 Å². The first kappa shape index (κ1) is 13.8. The van der Waals surface area contributed by atoms with Crippen molar-refractivity contribution in [3.8, 4) is 0 Å². The molecule has 5 nitrogen and oxygen atoms in total. The number of carboxylic acids is 1. The van der Waals surface area contributed by atoms with E-state index in [1.54, 1.807) is 12.1 Å². The minimum absolute atomic E-state index is 0.326. The predicted octanol–water partition coefficient (Wildman–Crippen LogP) is 2.16. The molecule has 0 unspecified atom stereocenters. The van der Waals surface area contributed by atoms with Gasteiger partial charge in [-0.3, -0.25) is 9.58 Å². The highest BCUT2D eigenvalue weighted by molar-refractivity contribution is 5.87. The lowest BCUT2D eigenvalue weighted by atomic mass is 10.1. The minimum atomic E-state index is -0.887. The maximum absolute atomic E-state index is 10.8. The second-order valence-electron chi connectivity index (χ2n) is 5.63. The van der Waals surface area contributed by atoms with Crippen LogP contribution in [-0.4, -0.2) is 32.8 Å². The van der Waals surface area contributed by atoms with Crippen molar-refractivity contribution in [1.29, 1.82) is 0 Å². The van der Waals surface area contributed by atoms with Gasteiger partial charge in [0.15, 0.2) is 0 Å². The smallest absolute Gasteiger partial charge is 0.335 e. The van der Waals surface area contributed by atoms with Crippen molar-refractivity contribution in [3.05, 3.63) is 52.8 Å². The zero-order valence-corrected chi connectivity index (χ0v) is 12.1. The van der Waals surface area contributed by atoms with Crippen LogP contribution in [0.4, 0.5) is 0 Å². The Morgan fingerprint density at radius 2 is 2.10 bits per heavy atom. The van der Waals surface area contributed by atoms with Crippen LogP contribution in [0.1, 0.15) is 33.7 Å². The van der Waals surface area contributed by atoms with Gasteiger partial charge in [-0.2, -0.15) is 5.10 Å². The lowest BCUT2D eigenvalue weighted by molar-refractivity contribution is 0.0697. The van der Waals surface area contributed by atoms with E-state index in [0.717, 1.165) is 37.3 Å². The molecule has 0 atom stereocenters. The summed E-state index contributed by atoms with van der Waals surface area (Å²) in [6.45, 7) is 2.62. The van der Waals surface area contributed by atoms with E-state index in [1.807, 2.05) is 12.1 Å². The molecule has 21 heavy (non-hydrogen) atoms. The summed E-state index contributed by atoms with van der Waals surface area (Å²) in [7, 11) is 2.05. The van der Waals surface area contributed by atoms with Gasteiger partial charge >= 0.3 is 5.97 Å². The number of aromatic carboxylic acids is 1. The maximum Gasteiger partial charge on any atom is 0.335 e. The summed E-state index contributed by atoms with van der Waals surface area (Å²) in [5.74, 6) is -0.887. The van der Waals surface area contributed by atoms with Crippen LogP contribution < -0.4 is 0 Å². The van der Waals surface area contributed by atoms with Gasteiger partial charge in [-0.25, -0.2) is 4.79 Å². The molecule has 110 valence electrons. The topological polar surface area (TPSA) is 58.4 Å². The lowest BCUT2D eigenvalue weighted by Crippen LogP contribution is -2.17. The van der Waals surface area contributed by atoms with Crippen molar-refractivity contribution in [2.75, 3.05) is 7.05 Å². The van der Waals surface area contributed by atoms with Crippen LogP contribution in [0.5, 0.6) is 0 Å². The molecule has 0 radical (unpaired) electrons. The number of hydrogen-bond acceptors (Lipinski definition) is 3. The SMILES string of the molecule is CN(Cc1ccc(C(=O)O)cc1)Cc1cc2n(n1)CCC2. The van der Waals surface area contributed by atoms with E-state index in [1.165, 1.54) is 12.1 Å².